The molecule has 21 heavy (non-hydrogen) atoms. The van der Waals surface area contributed by atoms with E-state index >= 15 is 0 Å². The lowest BCUT2D eigenvalue weighted by Crippen LogP contribution is -2.48. The van der Waals surface area contributed by atoms with E-state index in [2.05, 4.69) is 5.32 Å². The van der Waals surface area contributed by atoms with Crippen LogP contribution >= 0.6 is 0 Å². The maximum Gasteiger partial charge on any atom is 0.326 e. The van der Waals surface area contributed by atoms with Crippen LogP contribution in [-0.4, -0.2) is 40.4 Å². The van der Waals surface area contributed by atoms with Crippen LogP contribution in [-0.2, 0) is 16.0 Å². The van der Waals surface area contributed by atoms with Gasteiger partial charge in [-0.25, -0.2) is 4.79 Å². The van der Waals surface area contributed by atoms with E-state index in [9.17, 15) is 19.5 Å². The number of nitrogens with zero attached hydrogens (tertiary/aromatic N) is 1. The minimum absolute atomic E-state index is 0.0871. The monoisotopic (exact) mass is 288 g/mol. The van der Waals surface area contributed by atoms with Gasteiger partial charge in [-0.2, -0.15) is 0 Å². The molecule has 0 spiro atoms. The Kier molecular flexibility index (Phi) is 3.37. The normalized spacial score (nSPS) is 20.9. The predicted octanol–water partition coefficient (Wildman–Crippen LogP) is 1.26. The standard InChI is InChI=1S/C15H16N2O4/c18-13-8-10-7-9(4-5-11(10)16-13)14(19)17-6-2-1-3-12(17)15(20)21/h4-5,7,12H,1-3,6,8H2,(H,16,18)(H,20,21)/t12-/m0/s1. The van der Waals surface area contributed by atoms with Crippen molar-refractivity contribution in [3.63, 3.8) is 0 Å². The lowest BCUT2D eigenvalue weighted by Gasteiger charge is -2.33. The Labute approximate surface area is 121 Å². The minimum atomic E-state index is -0.957. The molecule has 2 N–H and O–H groups in total. The van der Waals surface area contributed by atoms with Crippen molar-refractivity contribution < 1.29 is 19.5 Å². The summed E-state index contributed by atoms with van der Waals surface area (Å²) in [5.41, 5.74) is 1.96. The van der Waals surface area contributed by atoms with Gasteiger partial charge < -0.3 is 15.3 Å². The Morgan fingerprint density at radius 3 is 2.86 bits per heavy atom. The smallest absolute Gasteiger partial charge is 0.326 e. The summed E-state index contributed by atoms with van der Waals surface area (Å²) in [5, 5.41) is 12.0. The Morgan fingerprint density at radius 2 is 2.10 bits per heavy atom. The summed E-state index contributed by atoms with van der Waals surface area (Å²) in [6.45, 7) is 0.462. The van der Waals surface area contributed by atoms with Gasteiger partial charge in [0, 0.05) is 17.8 Å². The van der Waals surface area contributed by atoms with E-state index in [0.29, 0.717) is 18.5 Å². The van der Waals surface area contributed by atoms with E-state index in [1.165, 1.54) is 4.90 Å². The molecule has 1 aromatic carbocycles. The number of benzene rings is 1. The molecule has 1 aromatic rings. The molecule has 1 fully saturated rings. The summed E-state index contributed by atoms with van der Waals surface area (Å²) < 4.78 is 0. The van der Waals surface area contributed by atoms with E-state index in [0.717, 1.165) is 24.1 Å². The number of aliphatic carboxylic acids is 1. The number of carbonyl (C=O) groups excluding carboxylic acids is 2. The molecule has 0 aromatic heterocycles. The fraction of sp³-hybridized carbons (Fsp3) is 0.400. The molecule has 2 aliphatic heterocycles. The molecule has 0 bridgehead atoms. The second-order valence-electron chi connectivity index (χ2n) is 5.45. The first-order valence-electron chi connectivity index (χ1n) is 7.03. The number of piperidine rings is 1. The van der Waals surface area contributed by atoms with Crippen LogP contribution < -0.4 is 5.32 Å². The lowest BCUT2D eigenvalue weighted by atomic mass is 10.00. The van der Waals surface area contributed by atoms with Gasteiger partial charge in [0.05, 0.1) is 6.42 Å². The highest BCUT2D eigenvalue weighted by atomic mass is 16.4. The fourth-order valence-electron chi connectivity index (χ4n) is 2.96. The third-order valence-corrected chi connectivity index (χ3v) is 4.03. The number of anilines is 1. The number of rotatable bonds is 2. The van der Waals surface area contributed by atoms with Gasteiger partial charge in [0.25, 0.3) is 5.91 Å². The lowest BCUT2D eigenvalue weighted by molar-refractivity contribution is -0.143. The summed E-state index contributed by atoms with van der Waals surface area (Å²) in [7, 11) is 0. The molecular weight excluding hydrogens is 272 g/mol. The fourth-order valence-corrected chi connectivity index (χ4v) is 2.96. The first-order chi connectivity index (χ1) is 10.1. The maximum atomic E-state index is 12.6. The molecule has 110 valence electrons. The van der Waals surface area contributed by atoms with Gasteiger partial charge in [-0.15, -0.1) is 0 Å². The van der Waals surface area contributed by atoms with Gasteiger partial charge in [0.2, 0.25) is 5.91 Å². The third-order valence-electron chi connectivity index (χ3n) is 4.03. The Morgan fingerprint density at radius 1 is 1.29 bits per heavy atom. The van der Waals surface area contributed by atoms with Crippen LogP contribution in [0, 0.1) is 0 Å². The summed E-state index contributed by atoms with van der Waals surface area (Å²) >= 11 is 0. The van der Waals surface area contributed by atoms with Crippen molar-refractivity contribution >= 4 is 23.5 Å². The van der Waals surface area contributed by atoms with Gasteiger partial charge >= 0.3 is 5.97 Å². The molecule has 6 heteroatoms. The molecule has 1 atom stereocenters. The number of amides is 2. The zero-order valence-electron chi connectivity index (χ0n) is 11.5. The number of nitrogens with one attached hydrogen (secondary N) is 1. The first-order valence-corrected chi connectivity index (χ1v) is 7.03. The molecule has 2 aliphatic rings. The molecule has 0 saturated carbocycles. The molecule has 2 heterocycles. The van der Waals surface area contributed by atoms with Crippen molar-refractivity contribution in [2.24, 2.45) is 0 Å². The van der Waals surface area contributed by atoms with Crippen LogP contribution in [0.4, 0.5) is 5.69 Å². The van der Waals surface area contributed by atoms with E-state index in [4.69, 9.17) is 0 Å². The number of carbonyl (C=O) groups is 3. The zero-order valence-corrected chi connectivity index (χ0v) is 11.5. The van der Waals surface area contributed by atoms with E-state index in [-0.39, 0.29) is 18.2 Å². The molecule has 0 aliphatic carbocycles. The Bertz CT molecular complexity index is 626. The van der Waals surface area contributed by atoms with Crippen molar-refractivity contribution in [2.45, 2.75) is 31.7 Å². The number of fused-ring (bicyclic) bond motifs is 1. The second kappa shape index (κ2) is 5.20. The average Bonchev–Trinajstić information content (AvgIpc) is 2.85. The van der Waals surface area contributed by atoms with Crippen LogP contribution in [0.1, 0.15) is 35.2 Å². The van der Waals surface area contributed by atoms with Crippen LogP contribution in [0.15, 0.2) is 18.2 Å². The Hall–Kier alpha value is -2.37. The van der Waals surface area contributed by atoms with Gasteiger partial charge in [-0.3, -0.25) is 9.59 Å². The van der Waals surface area contributed by atoms with Crippen LogP contribution in [0.5, 0.6) is 0 Å². The van der Waals surface area contributed by atoms with Gasteiger partial charge in [-0.1, -0.05) is 0 Å². The topological polar surface area (TPSA) is 86.7 Å². The second-order valence-corrected chi connectivity index (χ2v) is 5.45. The Balaban J connectivity index is 1.86. The highest BCUT2D eigenvalue weighted by molar-refractivity contribution is 6.02. The predicted molar refractivity (Wildman–Crippen MR) is 75.1 cm³/mol. The molecule has 2 amide bonds. The largest absolute Gasteiger partial charge is 0.480 e. The molecule has 0 unspecified atom stereocenters. The summed E-state index contributed by atoms with van der Waals surface area (Å²) in [5.74, 6) is -1.32. The average molecular weight is 288 g/mol. The van der Waals surface area contributed by atoms with E-state index in [1.54, 1.807) is 18.2 Å². The third kappa shape index (κ3) is 2.49. The first kappa shape index (κ1) is 13.6. The van der Waals surface area contributed by atoms with Gasteiger partial charge in [0.15, 0.2) is 0 Å². The zero-order chi connectivity index (χ0) is 15.0. The van der Waals surface area contributed by atoms with Crippen molar-refractivity contribution in [3.8, 4) is 0 Å². The van der Waals surface area contributed by atoms with Crippen molar-refractivity contribution in [3.05, 3.63) is 29.3 Å². The van der Waals surface area contributed by atoms with Gasteiger partial charge in [-0.05, 0) is 43.0 Å². The summed E-state index contributed by atoms with van der Waals surface area (Å²) in [6, 6.07) is 4.27. The quantitative estimate of drug-likeness (QED) is 0.857. The number of hydrogen-bond donors (Lipinski definition) is 2. The van der Waals surface area contributed by atoms with E-state index < -0.39 is 12.0 Å². The minimum Gasteiger partial charge on any atom is -0.480 e. The van der Waals surface area contributed by atoms with Crippen LogP contribution in [0.3, 0.4) is 0 Å². The summed E-state index contributed by atoms with van der Waals surface area (Å²) in [4.78, 5) is 36.6. The van der Waals surface area contributed by atoms with Crippen molar-refractivity contribution in [1.29, 1.82) is 0 Å². The number of carboxylic acid groups (broad SMARTS) is 1. The molecule has 6 nitrogen and oxygen atoms in total. The van der Waals surface area contributed by atoms with E-state index in [1.807, 2.05) is 0 Å². The van der Waals surface area contributed by atoms with Crippen LogP contribution in [0.25, 0.3) is 0 Å². The maximum absolute atomic E-state index is 12.6. The summed E-state index contributed by atoms with van der Waals surface area (Å²) in [6.07, 6.45) is 2.40. The molecule has 0 radical (unpaired) electrons. The number of likely N-dealkylation sites (tertiary alicyclic amines) is 1. The number of carboxylic acids is 1. The highest BCUT2D eigenvalue weighted by Gasteiger charge is 2.33. The highest BCUT2D eigenvalue weighted by Crippen LogP contribution is 2.26. The molecular formula is C15H16N2O4. The molecule has 3 rings (SSSR count). The molecule has 1 saturated heterocycles. The van der Waals surface area contributed by atoms with Gasteiger partial charge in [0.1, 0.15) is 6.04 Å². The van der Waals surface area contributed by atoms with Crippen molar-refractivity contribution in [2.75, 3.05) is 11.9 Å². The SMILES string of the molecule is O=C1Cc2cc(C(=O)N3CCCC[C@H]3C(=O)O)ccc2N1. The number of hydrogen-bond acceptors (Lipinski definition) is 3. The van der Waals surface area contributed by atoms with Crippen molar-refractivity contribution in [1.82, 2.24) is 4.90 Å². The van der Waals surface area contributed by atoms with Crippen LogP contribution in [0.2, 0.25) is 0 Å².